The summed E-state index contributed by atoms with van der Waals surface area (Å²) in [5.41, 5.74) is 1.03. The number of amides is 3. The number of halogens is 2. The molecule has 31 heavy (non-hydrogen) atoms. The molecule has 2 heterocycles. The van der Waals surface area contributed by atoms with Gasteiger partial charge in [-0.05, 0) is 12.1 Å². The molecule has 1 aliphatic rings. The maximum absolute atomic E-state index is 13.5. The molecule has 1 saturated heterocycles. The number of carbonyl (C=O) groups excluding carboxylic acids is 3. The van der Waals surface area contributed by atoms with Crippen LogP contribution in [-0.2, 0) is 9.59 Å². The molecule has 1 aromatic heterocycles. The van der Waals surface area contributed by atoms with Crippen molar-refractivity contribution >= 4 is 34.3 Å². The molecule has 3 amide bonds. The molecule has 0 radical (unpaired) electrons. The van der Waals surface area contributed by atoms with Gasteiger partial charge in [0.1, 0.15) is 6.04 Å². The summed E-state index contributed by atoms with van der Waals surface area (Å²) in [6, 6.07) is 6.82. The largest absolute Gasteiger partial charge is 0.343 e. The van der Waals surface area contributed by atoms with Crippen LogP contribution >= 0.6 is 0 Å². The Bertz CT molecular complexity index is 1040. The lowest BCUT2D eigenvalue weighted by Gasteiger charge is -2.19. The third-order valence-corrected chi connectivity index (χ3v) is 4.47. The van der Waals surface area contributed by atoms with E-state index in [4.69, 9.17) is 5.26 Å². The number of nitriles is 1. The fraction of sp³-hybridized carbons (Fsp3) is 0.381. The molecule has 2 N–H and O–H groups in total. The molecule has 0 bridgehead atoms. The van der Waals surface area contributed by atoms with Crippen molar-refractivity contribution in [3.05, 3.63) is 36.0 Å². The second-order valence-electron chi connectivity index (χ2n) is 6.65. The smallest absolute Gasteiger partial charge is 0.268 e. The molecular weight excluding hydrogens is 408 g/mol. The minimum absolute atomic E-state index is 0.207. The Balaban J connectivity index is 0.00000166. The Labute approximate surface area is 178 Å². The number of hydrogen-bond acceptors (Lipinski definition) is 5. The summed E-state index contributed by atoms with van der Waals surface area (Å²) in [6.07, 6.45) is 0.668. The molecule has 0 aliphatic carbocycles. The molecule has 3 rings (SSSR count). The quantitative estimate of drug-likeness (QED) is 0.772. The number of nitrogens with one attached hydrogen (secondary N) is 2. The number of carbonyl (C=O) groups is 3. The van der Waals surface area contributed by atoms with E-state index in [1.165, 1.54) is 19.2 Å². The molecule has 0 saturated carbocycles. The van der Waals surface area contributed by atoms with Gasteiger partial charge in [-0.1, -0.05) is 26.0 Å². The van der Waals surface area contributed by atoms with Crippen LogP contribution in [-0.4, -0.2) is 52.7 Å². The van der Waals surface area contributed by atoms with E-state index in [-0.39, 0.29) is 11.5 Å². The summed E-state index contributed by atoms with van der Waals surface area (Å²) in [4.78, 5) is 41.1. The van der Waals surface area contributed by atoms with Gasteiger partial charge in [0.25, 0.3) is 11.8 Å². The van der Waals surface area contributed by atoms with Crippen LogP contribution in [0.3, 0.4) is 0 Å². The first kappa shape index (κ1) is 23.7. The number of nitrogens with zero attached hydrogens (tertiary/aromatic N) is 3. The van der Waals surface area contributed by atoms with Crippen LogP contribution in [0.2, 0.25) is 0 Å². The lowest BCUT2D eigenvalue weighted by Crippen LogP contribution is -2.43. The Hall–Kier alpha value is -3.61. The number of alkyl halides is 2. The van der Waals surface area contributed by atoms with Crippen LogP contribution in [0.1, 0.15) is 37.6 Å². The van der Waals surface area contributed by atoms with Crippen LogP contribution in [0, 0.1) is 11.3 Å². The zero-order valence-electron chi connectivity index (χ0n) is 17.4. The van der Waals surface area contributed by atoms with Crippen molar-refractivity contribution in [3.63, 3.8) is 0 Å². The van der Waals surface area contributed by atoms with Crippen molar-refractivity contribution < 1.29 is 23.2 Å². The summed E-state index contributed by atoms with van der Waals surface area (Å²) < 4.78 is 27.0. The summed E-state index contributed by atoms with van der Waals surface area (Å²) in [5, 5.41) is 14.5. The third kappa shape index (κ3) is 5.51. The normalized spacial score (nSPS) is 16.6. The molecule has 0 unspecified atom stereocenters. The fourth-order valence-corrected chi connectivity index (χ4v) is 3.21. The van der Waals surface area contributed by atoms with Crippen molar-refractivity contribution in [1.29, 1.82) is 5.26 Å². The zero-order chi connectivity index (χ0) is 23.2. The van der Waals surface area contributed by atoms with Gasteiger partial charge in [-0.15, -0.1) is 0 Å². The van der Waals surface area contributed by atoms with Gasteiger partial charge in [0.05, 0.1) is 35.9 Å². The molecule has 1 atom stereocenters. The van der Waals surface area contributed by atoms with Gasteiger partial charge in [-0.25, -0.2) is 8.78 Å². The highest BCUT2D eigenvalue weighted by molar-refractivity contribution is 6.10. The van der Waals surface area contributed by atoms with Crippen molar-refractivity contribution in [2.75, 3.05) is 18.4 Å². The van der Waals surface area contributed by atoms with Gasteiger partial charge in [-0.2, -0.15) is 5.26 Å². The van der Waals surface area contributed by atoms with Gasteiger partial charge in [0, 0.05) is 24.9 Å². The van der Waals surface area contributed by atoms with Crippen LogP contribution in [0.5, 0.6) is 0 Å². The van der Waals surface area contributed by atoms with Crippen molar-refractivity contribution in [3.8, 4) is 6.07 Å². The molecule has 1 fully saturated rings. The molecule has 1 aromatic carbocycles. The van der Waals surface area contributed by atoms with E-state index >= 15 is 0 Å². The number of anilines is 1. The maximum atomic E-state index is 13.5. The zero-order valence-corrected chi connectivity index (χ0v) is 17.4. The molecule has 0 spiro atoms. The Morgan fingerprint density at radius 3 is 2.65 bits per heavy atom. The Morgan fingerprint density at radius 1 is 1.29 bits per heavy atom. The van der Waals surface area contributed by atoms with Crippen molar-refractivity contribution in [2.24, 2.45) is 0 Å². The molecule has 8 nitrogen and oxygen atoms in total. The highest BCUT2D eigenvalue weighted by atomic mass is 19.3. The minimum atomic E-state index is -3.12. The average Bonchev–Trinajstić information content (AvgIpc) is 3.07. The highest BCUT2D eigenvalue weighted by Crippen LogP contribution is 2.31. The highest BCUT2D eigenvalue weighted by Gasteiger charge is 2.47. The topological polar surface area (TPSA) is 115 Å². The standard InChI is InChI=1S/C19H17F2N5O3.C2H6/c1-11(27)25-15-4-2-3-13-14(5-6-23-17(13)15)18(29)24-9-16(28)26-10-19(20,21)7-12(26)8-22;1-2/h2-6,12H,7,9-10H2,1H3,(H,24,29)(H,25,27);1-2H3/t12-;/m0./s1. The summed E-state index contributed by atoms with van der Waals surface area (Å²) >= 11 is 0. The van der Waals surface area contributed by atoms with E-state index in [0.29, 0.717) is 16.6 Å². The van der Waals surface area contributed by atoms with E-state index < -0.39 is 43.3 Å². The van der Waals surface area contributed by atoms with E-state index in [0.717, 1.165) is 4.90 Å². The van der Waals surface area contributed by atoms with Gasteiger partial charge in [0.15, 0.2) is 0 Å². The number of rotatable bonds is 4. The fourth-order valence-electron chi connectivity index (χ4n) is 3.21. The third-order valence-electron chi connectivity index (χ3n) is 4.47. The predicted octanol–water partition coefficient (Wildman–Crippen LogP) is 2.71. The van der Waals surface area contributed by atoms with E-state index in [2.05, 4.69) is 15.6 Å². The number of benzene rings is 1. The first-order valence-corrected chi connectivity index (χ1v) is 9.72. The van der Waals surface area contributed by atoms with Crippen LogP contribution in [0.15, 0.2) is 30.5 Å². The van der Waals surface area contributed by atoms with E-state index in [1.54, 1.807) is 24.3 Å². The van der Waals surface area contributed by atoms with Crippen molar-refractivity contribution in [2.45, 2.75) is 39.2 Å². The second-order valence-corrected chi connectivity index (χ2v) is 6.65. The number of hydrogen-bond donors (Lipinski definition) is 2. The first-order valence-electron chi connectivity index (χ1n) is 9.72. The monoisotopic (exact) mass is 431 g/mol. The van der Waals surface area contributed by atoms with E-state index in [9.17, 15) is 23.2 Å². The number of likely N-dealkylation sites (tertiary alicyclic amines) is 1. The number of fused-ring (bicyclic) bond motifs is 1. The summed E-state index contributed by atoms with van der Waals surface area (Å²) in [5.74, 6) is -4.79. The lowest BCUT2D eigenvalue weighted by atomic mass is 10.1. The summed E-state index contributed by atoms with van der Waals surface area (Å²) in [6.45, 7) is 3.97. The van der Waals surface area contributed by atoms with Gasteiger partial charge in [0.2, 0.25) is 11.8 Å². The Morgan fingerprint density at radius 2 is 2.00 bits per heavy atom. The average molecular weight is 431 g/mol. The molecule has 2 aromatic rings. The molecule has 1 aliphatic heterocycles. The minimum Gasteiger partial charge on any atom is -0.343 e. The number of pyridine rings is 1. The van der Waals surface area contributed by atoms with E-state index in [1.807, 2.05) is 13.8 Å². The van der Waals surface area contributed by atoms with Crippen molar-refractivity contribution in [1.82, 2.24) is 15.2 Å². The second kappa shape index (κ2) is 9.93. The molecular formula is C21H23F2N5O3. The van der Waals surface area contributed by atoms with Crippen LogP contribution < -0.4 is 10.6 Å². The maximum Gasteiger partial charge on any atom is 0.268 e. The van der Waals surface area contributed by atoms with Gasteiger partial charge < -0.3 is 15.5 Å². The lowest BCUT2D eigenvalue weighted by molar-refractivity contribution is -0.131. The Kier molecular flexibility index (Phi) is 7.58. The van der Waals surface area contributed by atoms with Crippen LogP contribution in [0.4, 0.5) is 14.5 Å². The number of aromatic nitrogens is 1. The van der Waals surface area contributed by atoms with Gasteiger partial charge in [-0.3, -0.25) is 19.4 Å². The first-order chi connectivity index (χ1) is 14.7. The number of para-hydroxylation sites is 1. The molecule has 10 heteroatoms. The van der Waals surface area contributed by atoms with Crippen LogP contribution in [0.25, 0.3) is 10.9 Å². The van der Waals surface area contributed by atoms with Gasteiger partial charge >= 0.3 is 0 Å². The SMILES string of the molecule is CC.CC(=O)Nc1cccc2c(C(=O)NCC(=O)N3CC(F)(F)C[C@H]3C#N)ccnc12. The summed E-state index contributed by atoms with van der Waals surface area (Å²) in [7, 11) is 0. The molecule has 164 valence electrons. The predicted molar refractivity (Wildman–Crippen MR) is 110 cm³/mol.